The molecule has 1 aromatic heterocycles. The quantitative estimate of drug-likeness (QED) is 0.585. The fourth-order valence-corrected chi connectivity index (χ4v) is 3.24. The highest BCUT2D eigenvalue weighted by Gasteiger charge is 2.31. The second kappa shape index (κ2) is 10.2. The van der Waals surface area contributed by atoms with Crippen molar-refractivity contribution in [1.82, 2.24) is 15.1 Å². The summed E-state index contributed by atoms with van der Waals surface area (Å²) in [6.07, 6.45) is 1.77. The van der Waals surface area contributed by atoms with E-state index in [1.54, 1.807) is 0 Å². The molecule has 0 bridgehead atoms. The molecule has 0 radical (unpaired) electrons. The minimum atomic E-state index is -0.637. The second-order valence-corrected chi connectivity index (χ2v) is 6.45. The molecule has 2 aromatic carbocycles. The number of halogens is 1. The van der Waals surface area contributed by atoms with Gasteiger partial charge in [-0.15, -0.1) is 12.4 Å². The smallest absolute Gasteiger partial charge is 0.244 e. The van der Waals surface area contributed by atoms with Crippen molar-refractivity contribution in [2.45, 2.75) is 25.5 Å². The van der Waals surface area contributed by atoms with Gasteiger partial charge < -0.3 is 15.7 Å². The number of amides is 1. The first kappa shape index (κ1) is 24.3. The van der Waals surface area contributed by atoms with E-state index < -0.39 is 12.1 Å². The molecule has 152 valence electrons. The summed E-state index contributed by atoms with van der Waals surface area (Å²) in [6, 6.07) is 13.2. The molecule has 2 heterocycles. The maximum absolute atomic E-state index is 12.3. The Morgan fingerprint density at radius 1 is 1.25 bits per heavy atom. The number of hydrogen-bond donors (Lipinski definition) is 3. The predicted octanol–water partition coefficient (Wildman–Crippen LogP) is 2.64. The summed E-state index contributed by atoms with van der Waals surface area (Å²) in [5, 5.41) is 21.2. The molecule has 3 N–H and O–H groups in total. The molecular weight excluding hydrogens is 416 g/mol. The lowest BCUT2D eigenvalue weighted by molar-refractivity contribution is -0.119. The van der Waals surface area contributed by atoms with Crippen LogP contribution >= 0.6 is 39.4 Å². The van der Waals surface area contributed by atoms with Crippen LogP contribution < -0.4 is 10.6 Å². The van der Waals surface area contributed by atoms with Gasteiger partial charge in [0.15, 0.2) is 0 Å². The number of carbonyl (C=O) groups is 1. The van der Waals surface area contributed by atoms with Gasteiger partial charge in [0.2, 0.25) is 5.91 Å². The van der Waals surface area contributed by atoms with Crippen LogP contribution in [0.2, 0.25) is 0 Å². The van der Waals surface area contributed by atoms with Crippen molar-refractivity contribution in [2.24, 2.45) is 0 Å². The lowest BCUT2D eigenvalue weighted by Gasteiger charge is -2.15. The Bertz CT molecular complexity index is 951. The fourth-order valence-electron chi connectivity index (χ4n) is 3.24. The molecule has 1 fully saturated rings. The predicted molar refractivity (Wildman–Crippen MR) is 125 cm³/mol. The van der Waals surface area contributed by atoms with Gasteiger partial charge in [-0.1, -0.05) is 12.1 Å². The minimum absolute atomic E-state index is 0. The van der Waals surface area contributed by atoms with Crippen LogP contribution in [0.5, 0.6) is 0 Å². The minimum Gasteiger partial charge on any atom is -0.391 e. The molecule has 0 saturated carbocycles. The maximum Gasteiger partial charge on any atom is 0.244 e. The number of carbonyl (C=O) groups excluding carboxylic acids is 1. The van der Waals surface area contributed by atoms with Crippen LogP contribution in [-0.2, 0) is 4.79 Å². The third kappa shape index (κ3) is 4.82. The van der Waals surface area contributed by atoms with Gasteiger partial charge in [0.05, 0.1) is 23.5 Å². The monoisotopic (exact) mass is 440 g/mol. The van der Waals surface area contributed by atoms with E-state index in [-0.39, 0.29) is 45.3 Å². The summed E-state index contributed by atoms with van der Waals surface area (Å²) >= 11 is 0. The van der Waals surface area contributed by atoms with Crippen molar-refractivity contribution in [2.75, 3.05) is 11.9 Å². The van der Waals surface area contributed by atoms with Crippen LogP contribution in [0.1, 0.15) is 12.0 Å². The first-order valence-corrected chi connectivity index (χ1v) is 8.39. The van der Waals surface area contributed by atoms with Crippen molar-refractivity contribution in [1.29, 1.82) is 0 Å². The van der Waals surface area contributed by atoms with Gasteiger partial charge in [-0.2, -0.15) is 32.1 Å². The van der Waals surface area contributed by atoms with E-state index in [0.29, 0.717) is 18.7 Å². The molecular formula is C19H25ClN4O2S2. The summed E-state index contributed by atoms with van der Waals surface area (Å²) < 4.78 is 1.86. The highest BCUT2D eigenvalue weighted by atomic mass is 35.5. The normalized spacial score (nSPS) is 17.9. The van der Waals surface area contributed by atoms with Crippen molar-refractivity contribution < 1.29 is 9.90 Å². The number of rotatable bonds is 3. The van der Waals surface area contributed by atoms with Crippen molar-refractivity contribution >= 4 is 61.9 Å². The number of hydrogen-bond acceptors (Lipinski definition) is 4. The zero-order valence-corrected chi connectivity index (χ0v) is 18.2. The molecule has 1 aliphatic rings. The third-order valence-corrected chi connectivity index (χ3v) is 4.56. The number of aromatic nitrogens is 2. The molecule has 0 aliphatic carbocycles. The number of anilines is 1. The number of nitrogens with zero attached hydrogens (tertiary/aromatic N) is 2. The standard InChI is InChI=1S/C19H20N4O2.ClH.2H2S/c1-12-3-2-4-15(9-12)23-16-10-14(6-5-13(16)11-21-23)22-19(25)18-17(24)7-8-20-18;;;/h2-6,9-11,17-18,20,24H,7-8H2,1H3,(H,22,25);1H;2*1H2/t17-,18-;;;/m0.../s1. The topological polar surface area (TPSA) is 79.2 Å². The van der Waals surface area contributed by atoms with E-state index in [0.717, 1.165) is 22.2 Å². The zero-order valence-electron chi connectivity index (χ0n) is 15.3. The van der Waals surface area contributed by atoms with Crippen molar-refractivity contribution in [3.63, 3.8) is 0 Å². The highest BCUT2D eigenvalue weighted by Crippen LogP contribution is 2.23. The van der Waals surface area contributed by atoms with E-state index in [4.69, 9.17) is 0 Å². The van der Waals surface area contributed by atoms with Crippen LogP contribution in [0.3, 0.4) is 0 Å². The number of benzene rings is 2. The van der Waals surface area contributed by atoms with Crippen LogP contribution in [0.4, 0.5) is 5.69 Å². The molecule has 1 amide bonds. The van der Waals surface area contributed by atoms with Gasteiger partial charge in [-0.25, -0.2) is 4.68 Å². The molecule has 0 spiro atoms. The number of aryl methyl sites for hydroxylation is 1. The molecule has 6 nitrogen and oxygen atoms in total. The molecule has 9 heteroatoms. The maximum atomic E-state index is 12.3. The van der Waals surface area contributed by atoms with E-state index in [9.17, 15) is 9.90 Å². The Morgan fingerprint density at radius 3 is 2.71 bits per heavy atom. The first-order chi connectivity index (χ1) is 12.1. The van der Waals surface area contributed by atoms with Crippen molar-refractivity contribution in [3.8, 4) is 5.69 Å². The molecule has 2 atom stereocenters. The summed E-state index contributed by atoms with van der Waals surface area (Å²) in [4.78, 5) is 12.3. The third-order valence-electron chi connectivity index (χ3n) is 4.56. The summed E-state index contributed by atoms with van der Waals surface area (Å²) in [5.74, 6) is -0.217. The Labute approximate surface area is 184 Å². The van der Waals surface area contributed by atoms with Crippen LogP contribution in [0.15, 0.2) is 48.7 Å². The molecule has 3 aromatic rings. The Morgan fingerprint density at radius 2 is 2.04 bits per heavy atom. The van der Waals surface area contributed by atoms with E-state index >= 15 is 0 Å². The second-order valence-electron chi connectivity index (χ2n) is 6.45. The van der Waals surface area contributed by atoms with Crippen LogP contribution in [0.25, 0.3) is 16.6 Å². The van der Waals surface area contributed by atoms with Gasteiger partial charge in [0.1, 0.15) is 6.04 Å². The lowest BCUT2D eigenvalue weighted by Crippen LogP contribution is -2.42. The number of aliphatic hydroxyl groups excluding tert-OH is 1. The van der Waals surface area contributed by atoms with Gasteiger partial charge in [0.25, 0.3) is 0 Å². The van der Waals surface area contributed by atoms with Gasteiger partial charge in [-0.3, -0.25) is 4.79 Å². The van der Waals surface area contributed by atoms with Crippen molar-refractivity contribution in [3.05, 3.63) is 54.2 Å². The Kier molecular flexibility index (Phi) is 8.84. The van der Waals surface area contributed by atoms with E-state index in [1.165, 1.54) is 0 Å². The largest absolute Gasteiger partial charge is 0.391 e. The van der Waals surface area contributed by atoms with Gasteiger partial charge in [-0.05, 0) is 55.8 Å². The molecule has 4 rings (SSSR count). The average molecular weight is 441 g/mol. The number of aliphatic hydroxyl groups is 1. The molecule has 28 heavy (non-hydrogen) atoms. The van der Waals surface area contributed by atoms with Gasteiger partial charge >= 0.3 is 0 Å². The first-order valence-electron chi connectivity index (χ1n) is 8.39. The summed E-state index contributed by atoms with van der Waals surface area (Å²) in [5.41, 5.74) is 3.74. The number of fused-ring (bicyclic) bond motifs is 1. The molecule has 1 aliphatic heterocycles. The summed E-state index contributed by atoms with van der Waals surface area (Å²) in [7, 11) is 0. The SMILES string of the molecule is Cc1cccc(-n2ncc3ccc(NC(=O)[C@H]4NCC[C@@H]4O)cc32)c1.Cl.S.S. The zero-order chi connectivity index (χ0) is 17.4. The van der Waals surface area contributed by atoms with E-state index in [1.807, 2.05) is 54.2 Å². The average Bonchev–Trinajstić information content (AvgIpc) is 3.20. The lowest BCUT2D eigenvalue weighted by atomic mass is 10.1. The Hall–Kier alpha value is -1.71. The molecule has 1 saturated heterocycles. The molecule has 0 unspecified atom stereocenters. The highest BCUT2D eigenvalue weighted by molar-refractivity contribution is 7.59. The fraction of sp³-hybridized carbons (Fsp3) is 0.263. The number of nitrogens with one attached hydrogen (secondary N) is 2. The van der Waals surface area contributed by atoms with Crippen LogP contribution in [-0.4, -0.2) is 39.5 Å². The Balaban J connectivity index is 0.00000131. The van der Waals surface area contributed by atoms with Crippen LogP contribution in [0, 0.1) is 6.92 Å². The van der Waals surface area contributed by atoms with E-state index in [2.05, 4.69) is 21.8 Å². The summed E-state index contributed by atoms with van der Waals surface area (Å²) in [6.45, 7) is 2.69. The van der Waals surface area contributed by atoms with Gasteiger partial charge in [0, 0.05) is 11.1 Å².